The van der Waals surface area contributed by atoms with Crippen LogP contribution in [0.1, 0.15) is 16.7 Å². The van der Waals surface area contributed by atoms with E-state index in [1.807, 2.05) is 61.3 Å². The van der Waals surface area contributed by atoms with Gasteiger partial charge >= 0.3 is 0 Å². The highest BCUT2D eigenvalue weighted by atomic mass is 32.2. The number of hydrogen-bond donors (Lipinski definition) is 1. The second kappa shape index (κ2) is 5.59. The molecule has 0 bridgehead atoms. The van der Waals surface area contributed by atoms with Gasteiger partial charge in [0.2, 0.25) is 10.0 Å². The quantitative estimate of drug-likeness (QED) is 0.909. The molecule has 0 fully saturated rings. The summed E-state index contributed by atoms with van der Waals surface area (Å²) in [5, 5.41) is 0. The van der Waals surface area contributed by atoms with Gasteiger partial charge in [-0.05, 0) is 29.7 Å². The molecule has 0 amide bonds. The van der Waals surface area contributed by atoms with Gasteiger partial charge in [0.15, 0.2) is 0 Å². The van der Waals surface area contributed by atoms with Crippen LogP contribution < -0.4 is 4.72 Å². The zero-order valence-corrected chi connectivity index (χ0v) is 11.9. The van der Waals surface area contributed by atoms with Gasteiger partial charge in [0.25, 0.3) is 0 Å². The highest BCUT2D eigenvalue weighted by molar-refractivity contribution is 7.88. The van der Waals surface area contributed by atoms with E-state index in [9.17, 15) is 8.42 Å². The summed E-state index contributed by atoms with van der Waals surface area (Å²) in [5.41, 5.74) is 2.78. The highest BCUT2D eigenvalue weighted by Crippen LogP contribution is 2.11. The highest BCUT2D eigenvalue weighted by Gasteiger charge is 2.12. The van der Waals surface area contributed by atoms with Crippen LogP contribution in [0.3, 0.4) is 0 Å². The van der Waals surface area contributed by atoms with E-state index in [1.165, 1.54) is 0 Å². The second-order valence-corrected chi connectivity index (χ2v) is 6.50. The van der Waals surface area contributed by atoms with Crippen molar-refractivity contribution in [1.29, 1.82) is 0 Å². The summed E-state index contributed by atoms with van der Waals surface area (Å²) in [6, 6.07) is 9.42. The lowest BCUT2D eigenvalue weighted by molar-refractivity contribution is 0.580. The lowest BCUT2D eigenvalue weighted by Gasteiger charge is -2.08. The molecule has 0 saturated carbocycles. The third-order valence-corrected chi connectivity index (χ3v) is 4.27. The number of nitrogens with one attached hydrogen (secondary N) is 1. The summed E-state index contributed by atoms with van der Waals surface area (Å²) >= 11 is 0. The zero-order chi connectivity index (χ0) is 13.9. The van der Waals surface area contributed by atoms with Crippen LogP contribution in [-0.2, 0) is 29.4 Å². The van der Waals surface area contributed by atoms with Gasteiger partial charge in [-0.25, -0.2) is 13.1 Å². The van der Waals surface area contributed by atoms with E-state index in [0.717, 1.165) is 16.7 Å². The monoisotopic (exact) mass is 278 g/mol. The molecule has 1 aromatic carbocycles. The standard InChI is InChI=1S/C14H18N2O2S/c1-12-5-3-4-6-14(12)11-19(17,18)15-9-13-7-8-16(2)10-13/h3-8,10,15H,9,11H2,1-2H3. The summed E-state index contributed by atoms with van der Waals surface area (Å²) in [5.74, 6) is 0.0203. The van der Waals surface area contributed by atoms with Crippen LogP contribution in [0.5, 0.6) is 0 Å². The van der Waals surface area contributed by atoms with Crippen LogP contribution >= 0.6 is 0 Å². The molecule has 1 heterocycles. The van der Waals surface area contributed by atoms with Crippen molar-refractivity contribution in [1.82, 2.24) is 9.29 Å². The van der Waals surface area contributed by atoms with Crippen molar-refractivity contribution in [2.24, 2.45) is 7.05 Å². The Kier molecular flexibility index (Phi) is 4.07. The van der Waals surface area contributed by atoms with Crippen LogP contribution in [-0.4, -0.2) is 13.0 Å². The largest absolute Gasteiger partial charge is 0.357 e. The van der Waals surface area contributed by atoms with Gasteiger partial charge < -0.3 is 4.57 Å². The first kappa shape index (κ1) is 13.8. The van der Waals surface area contributed by atoms with E-state index in [4.69, 9.17) is 0 Å². The van der Waals surface area contributed by atoms with E-state index in [0.29, 0.717) is 6.54 Å². The molecular weight excluding hydrogens is 260 g/mol. The predicted octanol–water partition coefficient (Wildman–Crippen LogP) is 1.95. The molecular formula is C14H18N2O2S. The van der Waals surface area contributed by atoms with E-state index in [-0.39, 0.29) is 5.75 Å². The molecule has 0 aliphatic rings. The second-order valence-electron chi connectivity index (χ2n) is 4.69. The Hall–Kier alpha value is -1.59. The van der Waals surface area contributed by atoms with Gasteiger partial charge in [-0.3, -0.25) is 0 Å². The number of sulfonamides is 1. The lowest BCUT2D eigenvalue weighted by atomic mass is 10.1. The maximum atomic E-state index is 12.0. The molecule has 2 rings (SSSR count). The topological polar surface area (TPSA) is 51.1 Å². The minimum Gasteiger partial charge on any atom is -0.357 e. The summed E-state index contributed by atoms with van der Waals surface area (Å²) in [6.45, 7) is 2.25. The maximum absolute atomic E-state index is 12.0. The molecule has 1 N–H and O–H groups in total. The molecule has 0 atom stereocenters. The van der Waals surface area contributed by atoms with Crippen LogP contribution in [0.2, 0.25) is 0 Å². The number of aryl methyl sites for hydroxylation is 2. The number of nitrogens with zero attached hydrogens (tertiary/aromatic N) is 1. The van der Waals surface area contributed by atoms with Gasteiger partial charge in [-0.15, -0.1) is 0 Å². The Labute approximate surface area is 114 Å². The molecule has 1 aromatic heterocycles. The van der Waals surface area contributed by atoms with Crippen molar-refractivity contribution in [2.45, 2.75) is 19.2 Å². The maximum Gasteiger partial charge on any atom is 0.216 e. The minimum atomic E-state index is -3.31. The Morgan fingerprint density at radius 1 is 1.21 bits per heavy atom. The molecule has 0 unspecified atom stereocenters. The van der Waals surface area contributed by atoms with Crippen LogP contribution in [0.4, 0.5) is 0 Å². The lowest BCUT2D eigenvalue weighted by Crippen LogP contribution is -2.24. The van der Waals surface area contributed by atoms with Crippen LogP contribution in [0, 0.1) is 6.92 Å². The average molecular weight is 278 g/mol. The Morgan fingerprint density at radius 3 is 2.58 bits per heavy atom. The predicted molar refractivity (Wildman–Crippen MR) is 76.1 cm³/mol. The normalized spacial score (nSPS) is 11.7. The Balaban J connectivity index is 2.01. The molecule has 0 spiro atoms. The SMILES string of the molecule is Cc1ccccc1CS(=O)(=O)NCc1ccn(C)c1. The Morgan fingerprint density at radius 2 is 1.95 bits per heavy atom. The number of aromatic nitrogens is 1. The number of hydrogen-bond acceptors (Lipinski definition) is 2. The first-order chi connectivity index (χ1) is 8.96. The van der Waals surface area contributed by atoms with Crippen LogP contribution in [0.25, 0.3) is 0 Å². The summed E-state index contributed by atoms with van der Waals surface area (Å²) in [4.78, 5) is 0. The molecule has 0 aliphatic heterocycles. The molecule has 102 valence electrons. The van der Waals surface area contributed by atoms with Crippen molar-refractivity contribution in [3.05, 3.63) is 59.4 Å². The van der Waals surface area contributed by atoms with Gasteiger partial charge in [-0.1, -0.05) is 24.3 Å². The summed E-state index contributed by atoms with van der Waals surface area (Å²) < 4.78 is 28.5. The third-order valence-electron chi connectivity index (χ3n) is 3.00. The smallest absolute Gasteiger partial charge is 0.216 e. The molecule has 0 aliphatic carbocycles. The van der Waals surface area contributed by atoms with Crippen LogP contribution in [0.15, 0.2) is 42.7 Å². The van der Waals surface area contributed by atoms with Crippen molar-refractivity contribution in [3.63, 3.8) is 0 Å². The van der Waals surface area contributed by atoms with E-state index < -0.39 is 10.0 Å². The van der Waals surface area contributed by atoms with Crippen molar-refractivity contribution in [2.75, 3.05) is 0 Å². The third kappa shape index (κ3) is 3.94. The first-order valence-corrected chi connectivity index (χ1v) is 7.74. The Bertz CT molecular complexity index is 660. The fourth-order valence-corrected chi connectivity index (χ4v) is 3.11. The molecule has 5 heteroatoms. The van der Waals surface area contributed by atoms with Crippen molar-refractivity contribution in [3.8, 4) is 0 Å². The van der Waals surface area contributed by atoms with E-state index in [2.05, 4.69) is 4.72 Å². The molecule has 0 saturated heterocycles. The van der Waals surface area contributed by atoms with Gasteiger partial charge in [0.1, 0.15) is 0 Å². The van der Waals surface area contributed by atoms with Crippen molar-refractivity contribution >= 4 is 10.0 Å². The van der Waals surface area contributed by atoms with Gasteiger partial charge in [0.05, 0.1) is 5.75 Å². The summed E-state index contributed by atoms with van der Waals surface area (Å²) in [7, 11) is -1.40. The fraction of sp³-hybridized carbons (Fsp3) is 0.286. The average Bonchev–Trinajstić information content (AvgIpc) is 2.76. The van der Waals surface area contributed by atoms with Gasteiger partial charge in [-0.2, -0.15) is 0 Å². The van der Waals surface area contributed by atoms with Gasteiger partial charge in [0, 0.05) is 26.0 Å². The number of benzene rings is 1. The van der Waals surface area contributed by atoms with Crippen molar-refractivity contribution < 1.29 is 8.42 Å². The summed E-state index contributed by atoms with van der Waals surface area (Å²) in [6.07, 6.45) is 3.79. The minimum absolute atomic E-state index is 0.0203. The molecule has 2 aromatic rings. The fourth-order valence-electron chi connectivity index (χ4n) is 1.89. The molecule has 0 radical (unpaired) electrons. The zero-order valence-electron chi connectivity index (χ0n) is 11.1. The van der Waals surface area contributed by atoms with E-state index >= 15 is 0 Å². The molecule has 4 nitrogen and oxygen atoms in total. The van der Waals surface area contributed by atoms with E-state index in [1.54, 1.807) is 0 Å². The number of rotatable bonds is 5. The molecule has 19 heavy (non-hydrogen) atoms. The first-order valence-electron chi connectivity index (χ1n) is 6.09.